The van der Waals surface area contributed by atoms with Gasteiger partial charge in [-0.25, -0.2) is 9.97 Å². The van der Waals surface area contributed by atoms with Crippen molar-refractivity contribution in [3.05, 3.63) is 40.9 Å². The number of aryl methyl sites for hydroxylation is 1. The van der Waals surface area contributed by atoms with Crippen LogP contribution < -0.4 is 4.90 Å². The number of imidazole rings is 1. The van der Waals surface area contributed by atoms with Crippen LogP contribution in [0, 0.1) is 0 Å². The van der Waals surface area contributed by atoms with Gasteiger partial charge in [-0.05, 0) is 30.7 Å². The van der Waals surface area contributed by atoms with Crippen LogP contribution in [-0.2, 0) is 11.3 Å². The van der Waals surface area contributed by atoms with Gasteiger partial charge in [-0.2, -0.15) is 0 Å². The zero-order chi connectivity index (χ0) is 17.2. The Bertz CT molecular complexity index is 869. The summed E-state index contributed by atoms with van der Waals surface area (Å²) in [5, 5.41) is 0. The van der Waals surface area contributed by atoms with E-state index < -0.39 is 0 Å². The molecule has 1 saturated heterocycles. The highest BCUT2D eigenvalue weighted by atomic mass is 79.9. The number of aromatic nitrogens is 3. The van der Waals surface area contributed by atoms with E-state index >= 15 is 0 Å². The second-order valence-electron chi connectivity index (χ2n) is 6.21. The quantitative estimate of drug-likeness (QED) is 0.660. The average Bonchev–Trinajstić information content (AvgIpc) is 3.01. The number of hydrogen-bond donors (Lipinski definition) is 0. The molecule has 1 aliphatic heterocycles. The summed E-state index contributed by atoms with van der Waals surface area (Å²) in [6, 6.07) is 12.5. The van der Waals surface area contributed by atoms with E-state index in [1.807, 2.05) is 0 Å². The second-order valence-corrected chi connectivity index (χ2v) is 7.12. The number of hydrogen-bond acceptors (Lipinski definition) is 4. The van der Waals surface area contributed by atoms with Crippen LogP contribution in [0.2, 0.25) is 0 Å². The predicted octanol–water partition coefficient (Wildman–Crippen LogP) is 4.11. The molecule has 0 N–H and O–H groups in total. The number of pyridine rings is 1. The van der Waals surface area contributed by atoms with Gasteiger partial charge in [0.05, 0.1) is 13.2 Å². The Morgan fingerprint density at radius 1 is 1.04 bits per heavy atom. The van der Waals surface area contributed by atoms with Gasteiger partial charge in [0.2, 0.25) is 0 Å². The van der Waals surface area contributed by atoms with Crippen LogP contribution in [0.15, 0.2) is 40.9 Å². The Morgan fingerprint density at radius 2 is 1.80 bits per heavy atom. The van der Waals surface area contributed by atoms with Gasteiger partial charge in [0.25, 0.3) is 0 Å². The standard InChI is InChI=1S/C19H21BrN4O/c1-2-9-24-18(14-3-5-15(20)6-4-14)21-16-7-8-17(22-19(16)24)23-10-12-25-13-11-23/h3-8H,2,9-13H2,1H3. The van der Waals surface area contributed by atoms with Gasteiger partial charge in [0.15, 0.2) is 5.65 Å². The topological polar surface area (TPSA) is 43.2 Å². The van der Waals surface area contributed by atoms with Crippen molar-refractivity contribution in [2.45, 2.75) is 19.9 Å². The smallest absolute Gasteiger partial charge is 0.162 e. The summed E-state index contributed by atoms with van der Waals surface area (Å²) in [5.74, 6) is 1.99. The van der Waals surface area contributed by atoms with Gasteiger partial charge in [0.1, 0.15) is 17.2 Å². The molecule has 1 fully saturated rings. The van der Waals surface area contributed by atoms with E-state index in [0.717, 1.165) is 72.1 Å². The lowest BCUT2D eigenvalue weighted by molar-refractivity contribution is 0.122. The number of nitrogens with zero attached hydrogens (tertiary/aromatic N) is 4. The van der Waals surface area contributed by atoms with E-state index in [0.29, 0.717) is 0 Å². The van der Waals surface area contributed by atoms with E-state index in [4.69, 9.17) is 14.7 Å². The molecule has 0 amide bonds. The number of rotatable bonds is 4. The highest BCUT2D eigenvalue weighted by Gasteiger charge is 2.17. The summed E-state index contributed by atoms with van der Waals surface area (Å²) < 4.78 is 8.76. The van der Waals surface area contributed by atoms with Crippen molar-refractivity contribution in [3.8, 4) is 11.4 Å². The first-order valence-corrected chi connectivity index (χ1v) is 9.51. The molecule has 1 aliphatic rings. The molecule has 6 heteroatoms. The van der Waals surface area contributed by atoms with Gasteiger partial charge < -0.3 is 14.2 Å². The Kier molecular flexibility index (Phi) is 4.72. The first-order valence-electron chi connectivity index (χ1n) is 8.72. The third-order valence-corrected chi connectivity index (χ3v) is 4.99. The van der Waals surface area contributed by atoms with E-state index in [9.17, 15) is 0 Å². The Labute approximate surface area is 155 Å². The largest absolute Gasteiger partial charge is 0.378 e. The summed E-state index contributed by atoms with van der Waals surface area (Å²) in [5.41, 5.74) is 3.02. The van der Waals surface area contributed by atoms with Gasteiger partial charge in [0, 0.05) is 29.7 Å². The van der Waals surface area contributed by atoms with Crippen LogP contribution in [0.25, 0.3) is 22.6 Å². The fourth-order valence-corrected chi connectivity index (χ4v) is 3.48. The summed E-state index contributed by atoms with van der Waals surface area (Å²) in [7, 11) is 0. The number of anilines is 1. The van der Waals surface area contributed by atoms with E-state index in [2.05, 4.69) is 68.7 Å². The highest BCUT2D eigenvalue weighted by Crippen LogP contribution is 2.27. The molecule has 1 aromatic carbocycles. The molecule has 0 radical (unpaired) electrons. The zero-order valence-corrected chi connectivity index (χ0v) is 15.9. The molecule has 3 heterocycles. The average molecular weight is 401 g/mol. The van der Waals surface area contributed by atoms with Gasteiger partial charge >= 0.3 is 0 Å². The van der Waals surface area contributed by atoms with Crippen LogP contribution in [0.1, 0.15) is 13.3 Å². The normalized spacial score (nSPS) is 15.0. The van der Waals surface area contributed by atoms with Crippen molar-refractivity contribution < 1.29 is 4.74 Å². The third kappa shape index (κ3) is 3.28. The molecule has 130 valence electrons. The molecule has 0 atom stereocenters. The van der Waals surface area contributed by atoms with Crippen molar-refractivity contribution in [2.75, 3.05) is 31.2 Å². The lowest BCUT2D eigenvalue weighted by atomic mass is 10.2. The Hall–Kier alpha value is -1.92. The number of halogens is 1. The molecule has 5 nitrogen and oxygen atoms in total. The molecular weight excluding hydrogens is 380 g/mol. The maximum absolute atomic E-state index is 5.45. The zero-order valence-electron chi connectivity index (χ0n) is 14.3. The first-order chi connectivity index (χ1) is 12.3. The highest BCUT2D eigenvalue weighted by molar-refractivity contribution is 9.10. The van der Waals surface area contributed by atoms with Crippen LogP contribution in [0.5, 0.6) is 0 Å². The van der Waals surface area contributed by atoms with Crippen molar-refractivity contribution in [1.29, 1.82) is 0 Å². The SMILES string of the molecule is CCCn1c(-c2ccc(Br)cc2)nc2ccc(N3CCOCC3)nc21. The molecule has 0 saturated carbocycles. The molecule has 0 spiro atoms. The second kappa shape index (κ2) is 7.14. The molecule has 3 aromatic rings. The summed E-state index contributed by atoms with van der Waals surface area (Å²) in [4.78, 5) is 12.1. The molecular formula is C19H21BrN4O. The fourth-order valence-electron chi connectivity index (χ4n) is 3.22. The molecule has 2 aromatic heterocycles. The van der Waals surface area contributed by atoms with Gasteiger partial charge in [-0.1, -0.05) is 35.0 Å². The lowest BCUT2D eigenvalue weighted by Crippen LogP contribution is -2.36. The minimum atomic E-state index is 0.762. The summed E-state index contributed by atoms with van der Waals surface area (Å²) >= 11 is 3.50. The molecule has 0 bridgehead atoms. The van der Waals surface area contributed by atoms with Crippen LogP contribution in [0.4, 0.5) is 5.82 Å². The molecule has 0 unspecified atom stereocenters. The molecule has 25 heavy (non-hydrogen) atoms. The van der Waals surface area contributed by atoms with E-state index in [1.165, 1.54) is 0 Å². The van der Waals surface area contributed by atoms with Crippen molar-refractivity contribution in [2.24, 2.45) is 0 Å². The number of ether oxygens (including phenoxy) is 1. The third-order valence-electron chi connectivity index (χ3n) is 4.46. The van der Waals surface area contributed by atoms with Crippen molar-refractivity contribution in [1.82, 2.24) is 14.5 Å². The predicted molar refractivity (Wildman–Crippen MR) is 104 cm³/mol. The monoisotopic (exact) mass is 400 g/mol. The minimum Gasteiger partial charge on any atom is -0.378 e. The van der Waals surface area contributed by atoms with E-state index in [1.54, 1.807) is 0 Å². The minimum absolute atomic E-state index is 0.762. The van der Waals surface area contributed by atoms with Crippen LogP contribution in [0.3, 0.4) is 0 Å². The summed E-state index contributed by atoms with van der Waals surface area (Å²) in [6.07, 6.45) is 1.04. The molecule has 0 aliphatic carbocycles. The van der Waals surface area contributed by atoms with Crippen molar-refractivity contribution >= 4 is 32.9 Å². The Morgan fingerprint density at radius 3 is 2.52 bits per heavy atom. The van der Waals surface area contributed by atoms with Crippen LogP contribution in [-0.4, -0.2) is 40.8 Å². The fraction of sp³-hybridized carbons (Fsp3) is 0.368. The number of fused-ring (bicyclic) bond motifs is 1. The van der Waals surface area contributed by atoms with Gasteiger partial charge in [-0.15, -0.1) is 0 Å². The summed E-state index contributed by atoms with van der Waals surface area (Å²) in [6.45, 7) is 6.39. The Balaban J connectivity index is 1.80. The lowest BCUT2D eigenvalue weighted by Gasteiger charge is -2.27. The molecule has 4 rings (SSSR count). The van der Waals surface area contributed by atoms with E-state index in [-0.39, 0.29) is 0 Å². The van der Waals surface area contributed by atoms with Crippen LogP contribution >= 0.6 is 15.9 Å². The number of morpholine rings is 1. The number of benzene rings is 1. The van der Waals surface area contributed by atoms with Crippen molar-refractivity contribution in [3.63, 3.8) is 0 Å². The first kappa shape index (κ1) is 16.5. The van der Waals surface area contributed by atoms with Gasteiger partial charge in [-0.3, -0.25) is 0 Å². The maximum atomic E-state index is 5.45. The maximum Gasteiger partial charge on any atom is 0.162 e.